The van der Waals surface area contributed by atoms with E-state index in [1.807, 2.05) is 0 Å². The number of rotatable bonds is 4. The molecule has 25 heavy (non-hydrogen) atoms. The maximum absolute atomic E-state index is 12.5. The van der Waals surface area contributed by atoms with Crippen LogP contribution in [0, 0.1) is 0 Å². The highest BCUT2D eigenvalue weighted by Crippen LogP contribution is 2.14. The van der Waals surface area contributed by atoms with Crippen molar-refractivity contribution < 1.29 is 22.4 Å². The van der Waals surface area contributed by atoms with Gasteiger partial charge < -0.3 is 14.2 Å². The molecule has 0 saturated carbocycles. The zero-order valence-corrected chi connectivity index (χ0v) is 14.0. The van der Waals surface area contributed by atoms with Crippen LogP contribution in [-0.2, 0) is 10.9 Å². The largest absolute Gasteiger partial charge is 0.451 e. The molecule has 0 aliphatic carbocycles. The second kappa shape index (κ2) is 7.34. The summed E-state index contributed by atoms with van der Waals surface area (Å²) in [6.45, 7) is 1.64. The zero-order valence-electron chi connectivity index (χ0n) is 13.1. The van der Waals surface area contributed by atoms with Crippen molar-refractivity contribution in [2.45, 2.75) is 0 Å². The summed E-state index contributed by atoms with van der Waals surface area (Å²) >= 11 is 0. The van der Waals surface area contributed by atoms with Crippen LogP contribution >= 0.6 is 0 Å². The fourth-order valence-corrected chi connectivity index (χ4v) is 2.93. The van der Waals surface area contributed by atoms with Gasteiger partial charge in [-0.15, -0.1) is 0 Å². The SMILES string of the molecule is O=C(c1ccc(N[SH](=O)=O)cc1)N1CCN(C(=O)c2cocn2)CC1. The van der Waals surface area contributed by atoms with Gasteiger partial charge >= 0.3 is 0 Å². The molecule has 0 radical (unpaired) electrons. The number of piperazine rings is 1. The summed E-state index contributed by atoms with van der Waals surface area (Å²) < 4.78 is 28.3. The van der Waals surface area contributed by atoms with E-state index in [1.54, 1.807) is 21.9 Å². The number of amides is 2. The second-order valence-electron chi connectivity index (χ2n) is 5.40. The normalized spacial score (nSPS) is 14.6. The van der Waals surface area contributed by atoms with Crippen molar-refractivity contribution in [3.63, 3.8) is 0 Å². The van der Waals surface area contributed by atoms with E-state index in [0.29, 0.717) is 37.4 Å². The van der Waals surface area contributed by atoms with Gasteiger partial charge in [0.25, 0.3) is 11.8 Å². The molecule has 1 saturated heterocycles. The van der Waals surface area contributed by atoms with E-state index < -0.39 is 10.9 Å². The van der Waals surface area contributed by atoms with Crippen LogP contribution in [0.2, 0.25) is 0 Å². The molecule has 1 aliphatic rings. The number of aromatic nitrogens is 1. The van der Waals surface area contributed by atoms with Crippen LogP contribution in [0.25, 0.3) is 0 Å². The second-order valence-corrected chi connectivity index (χ2v) is 6.14. The van der Waals surface area contributed by atoms with Crippen molar-refractivity contribution in [2.24, 2.45) is 0 Å². The molecule has 10 heteroatoms. The third-order valence-electron chi connectivity index (χ3n) is 3.86. The molecule has 1 aliphatic heterocycles. The molecule has 1 fully saturated rings. The predicted molar refractivity (Wildman–Crippen MR) is 88.7 cm³/mol. The van der Waals surface area contributed by atoms with Gasteiger partial charge in [-0.25, -0.2) is 13.4 Å². The quantitative estimate of drug-likeness (QED) is 0.750. The van der Waals surface area contributed by atoms with E-state index in [9.17, 15) is 18.0 Å². The first-order valence-electron chi connectivity index (χ1n) is 7.52. The smallest absolute Gasteiger partial charge is 0.275 e. The first-order valence-corrected chi connectivity index (χ1v) is 8.70. The predicted octanol–water partition coefficient (Wildman–Crippen LogP) is 0.211. The standard InChI is InChI=1S/C15H16N4O5S/c20-14(11-1-3-12(4-2-11)17-25(22)23)18-5-7-19(8-6-18)15(21)13-9-24-10-16-13/h1-4,9-10,25H,5-8H2,(H,17,22,23). The Bertz CT molecular complexity index is 816. The van der Waals surface area contributed by atoms with Gasteiger partial charge in [0.2, 0.25) is 10.9 Å². The van der Waals surface area contributed by atoms with Crippen LogP contribution in [0.1, 0.15) is 20.8 Å². The highest BCUT2D eigenvalue weighted by molar-refractivity contribution is 7.73. The van der Waals surface area contributed by atoms with E-state index in [2.05, 4.69) is 9.71 Å². The van der Waals surface area contributed by atoms with Gasteiger partial charge in [0, 0.05) is 37.4 Å². The lowest BCUT2D eigenvalue weighted by Crippen LogP contribution is -2.50. The maximum atomic E-state index is 12.5. The number of oxazole rings is 1. The van der Waals surface area contributed by atoms with Gasteiger partial charge in [-0.05, 0) is 24.3 Å². The van der Waals surface area contributed by atoms with Crippen LogP contribution in [-0.4, -0.2) is 61.2 Å². The number of thiol groups is 1. The first-order chi connectivity index (χ1) is 12.0. The fourth-order valence-electron chi connectivity index (χ4n) is 2.57. The molecule has 0 bridgehead atoms. The molecule has 0 atom stereocenters. The van der Waals surface area contributed by atoms with E-state index in [-0.39, 0.29) is 17.5 Å². The third-order valence-corrected chi connectivity index (χ3v) is 4.30. The van der Waals surface area contributed by atoms with Gasteiger partial charge in [-0.3, -0.25) is 14.3 Å². The maximum Gasteiger partial charge on any atom is 0.275 e. The summed E-state index contributed by atoms with van der Waals surface area (Å²) in [6.07, 6.45) is 2.50. The highest BCUT2D eigenvalue weighted by Gasteiger charge is 2.26. The Labute approximate surface area is 145 Å². The first kappa shape index (κ1) is 17.0. The molecular formula is C15H16N4O5S. The van der Waals surface area contributed by atoms with Gasteiger partial charge in [0.05, 0.1) is 0 Å². The third kappa shape index (κ3) is 3.97. The lowest BCUT2D eigenvalue weighted by atomic mass is 10.1. The number of nitrogens with one attached hydrogen (secondary N) is 1. The number of carbonyl (C=O) groups is 2. The molecule has 1 aromatic heterocycles. The molecule has 2 amide bonds. The van der Waals surface area contributed by atoms with Gasteiger partial charge in [-0.1, -0.05) is 0 Å². The number of nitrogens with zero attached hydrogens (tertiary/aromatic N) is 3. The zero-order chi connectivity index (χ0) is 17.8. The molecule has 3 rings (SSSR count). The Hall–Kier alpha value is -2.88. The van der Waals surface area contributed by atoms with Crippen LogP contribution in [0.3, 0.4) is 0 Å². The summed E-state index contributed by atoms with van der Waals surface area (Å²) in [5.41, 5.74) is 1.11. The molecule has 0 unspecified atom stereocenters. The van der Waals surface area contributed by atoms with Crippen LogP contribution in [0.4, 0.5) is 5.69 Å². The van der Waals surface area contributed by atoms with Gasteiger partial charge in [0.15, 0.2) is 12.1 Å². The molecule has 1 N–H and O–H groups in total. The van der Waals surface area contributed by atoms with E-state index in [1.165, 1.54) is 24.8 Å². The Balaban J connectivity index is 1.59. The number of carbonyl (C=O) groups excluding carboxylic acids is 2. The topological polar surface area (TPSA) is 113 Å². The number of anilines is 1. The van der Waals surface area contributed by atoms with E-state index in [0.717, 1.165) is 0 Å². The number of hydrogen-bond acceptors (Lipinski definition) is 6. The minimum Gasteiger partial charge on any atom is -0.451 e. The summed E-state index contributed by atoms with van der Waals surface area (Å²) in [4.78, 5) is 31.8. The summed E-state index contributed by atoms with van der Waals surface area (Å²) in [5, 5.41) is 0. The molecule has 1 aromatic carbocycles. The van der Waals surface area contributed by atoms with Gasteiger partial charge in [-0.2, -0.15) is 0 Å². The average molecular weight is 364 g/mol. The Morgan fingerprint density at radius 2 is 1.60 bits per heavy atom. The van der Waals surface area contributed by atoms with Crippen molar-refractivity contribution >= 4 is 28.4 Å². The lowest BCUT2D eigenvalue weighted by Gasteiger charge is -2.34. The fraction of sp³-hybridized carbons (Fsp3) is 0.267. The molecule has 132 valence electrons. The molecule has 2 aromatic rings. The number of hydrogen-bond donors (Lipinski definition) is 2. The van der Waals surface area contributed by atoms with Crippen molar-refractivity contribution in [3.05, 3.63) is 48.2 Å². The summed E-state index contributed by atoms with van der Waals surface area (Å²) in [6, 6.07) is 6.19. The van der Waals surface area contributed by atoms with Crippen LogP contribution in [0.15, 0.2) is 41.3 Å². The molecular weight excluding hydrogens is 348 g/mol. The molecule has 2 heterocycles. The Morgan fingerprint density at radius 1 is 1.00 bits per heavy atom. The summed E-state index contributed by atoms with van der Waals surface area (Å²) in [5.74, 6) is -0.380. The minimum atomic E-state index is -2.74. The minimum absolute atomic E-state index is 0.161. The number of benzene rings is 1. The van der Waals surface area contributed by atoms with E-state index >= 15 is 0 Å². The van der Waals surface area contributed by atoms with Crippen molar-refractivity contribution in [1.29, 1.82) is 0 Å². The Morgan fingerprint density at radius 3 is 2.12 bits per heavy atom. The molecule has 9 nitrogen and oxygen atoms in total. The van der Waals surface area contributed by atoms with E-state index in [4.69, 9.17) is 4.42 Å². The van der Waals surface area contributed by atoms with Crippen molar-refractivity contribution in [3.8, 4) is 0 Å². The average Bonchev–Trinajstić information content (AvgIpc) is 3.15. The van der Waals surface area contributed by atoms with Crippen LogP contribution < -0.4 is 4.72 Å². The monoisotopic (exact) mass is 364 g/mol. The van der Waals surface area contributed by atoms with Gasteiger partial charge in [0.1, 0.15) is 6.26 Å². The highest BCUT2D eigenvalue weighted by atomic mass is 32.2. The lowest BCUT2D eigenvalue weighted by molar-refractivity contribution is 0.0532. The Kier molecular flexibility index (Phi) is 4.98. The molecule has 0 spiro atoms. The van der Waals surface area contributed by atoms with Crippen molar-refractivity contribution in [1.82, 2.24) is 14.8 Å². The van der Waals surface area contributed by atoms with Crippen molar-refractivity contribution in [2.75, 3.05) is 30.9 Å². The van der Waals surface area contributed by atoms with Crippen LogP contribution in [0.5, 0.6) is 0 Å². The summed E-state index contributed by atoms with van der Waals surface area (Å²) in [7, 11) is -2.74.